The molecule has 2 aromatic rings. The molecule has 1 atom stereocenters. The number of nitrogens with one attached hydrogen (secondary N) is 1. The number of aryl methyl sites for hydroxylation is 2. The van der Waals surface area contributed by atoms with Gasteiger partial charge in [0.2, 0.25) is 5.91 Å². The normalized spacial score (nSPS) is 21.9. The first-order chi connectivity index (χ1) is 16.4. The first-order valence-corrected chi connectivity index (χ1v) is 12.8. The lowest BCUT2D eigenvalue weighted by atomic mass is 9.74. The SMILES string of the molecule is CCn1nc(C(C)C)cc1C(=O)N1CCCC2(CCCCc3ccccc3OCCNC2=O)C1. The summed E-state index contributed by atoms with van der Waals surface area (Å²) in [5.74, 6) is 1.21. The van der Waals surface area contributed by atoms with Crippen molar-refractivity contribution in [3.8, 4) is 5.75 Å². The number of amides is 2. The second-order valence-electron chi connectivity index (χ2n) is 9.95. The topological polar surface area (TPSA) is 76.5 Å². The summed E-state index contributed by atoms with van der Waals surface area (Å²) in [4.78, 5) is 28.9. The molecule has 0 bridgehead atoms. The van der Waals surface area contributed by atoms with Gasteiger partial charge in [0.1, 0.15) is 18.1 Å². The predicted octanol–water partition coefficient (Wildman–Crippen LogP) is 4.17. The lowest BCUT2D eigenvalue weighted by molar-refractivity contribution is -0.134. The minimum Gasteiger partial charge on any atom is -0.491 e. The summed E-state index contributed by atoms with van der Waals surface area (Å²) in [6.07, 6.45) is 5.29. The van der Waals surface area contributed by atoms with E-state index >= 15 is 0 Å². The van der Waals surface area contributed by atoms with Crippen LogP contribution in [0, 0.1) is 5.41 Å². The Morgan fingerprint density at radius 1 is 1.21 bits per heavy atom. The Kier molecular flexibility index (Phi) is 7.59. The van der Waals surface area contributed by atoms with Crippen LogP contribution in [0.1, 0.15) is 80.5 Å². The van der Waals surface area contributed by atoms with E-state index in [9.17, 15) is 9.59 Å². The van der Waals surface area contributed by atoms with E-state index < -0.39 is 5.41 Å². The third-order valence-corrected chi connectivity index (χ3v) is 7.22. The standard InChI is InChI=1S/C27H38N4O3/c1-4-31-23(18-22(29-31)20(2)3)25(32)30-16-9-14-27(19-30)13-8-7-11-21-10-5-6-12-24(21)34-17-15-28-26(27)33/h5-6,10,12,18,20H,4,7-9,11,13-17,19H2,1-3H3,(H,28,33). The van der Waals surface area contributed by atoms with E-state index in [1.807, 2.05) is 36.1 Å². The van der Waals surface area contributed by atoms with Crippen LogP contribution in [0.25, 0.3) is 0 Å². The van der Waals surface area contributed by atoms with Gasteiger partial charge in [0.05, 0.1) is 17.7 Å². The van der Waals surface area contributed by atoms with E-state index in [0.717, 1.165) is 50.0 Å². The van der Waals surface area contributed by atoms with Gasteiger partial charge in [-0.1, -0.05) is 38.5 Å². The van der Waals surface area contributed by atoms with Gasteiger partial charge in [-0.15, -0.1) is 0 Å². The van der Waals surface area contributed by atoms with Gasteiger partial charge in [-0.2, -0.15) is 5.10 Å². The number of hydrogen-bond acceptors (Lipinski definition) is 4. The average Bonchev–Trinajstić information content (AvgIpc) is 3.29. The second-order valence-corrected chi connectivity index (χ2v) is 9.95. The Morgan fingerprint density at radius 3 is 2.79 bits per heavy atom. The minimum atomic E-state index is -0.551. The number of aromatic nitrogens is 2. The van der Waals surface area contributed by atoms with Crippen molar-refractivity contribution in [1.82, 2.24) is 20.0 Å². The number of benzene rings is 1. The molecule has 2 amide bonds. The quantitative estimate of drug-likeness (QED) is 0.737. The smallest absolute Gasteiger partial charge is 0.272 e. The largest absolute Gasteiger partial charge is 0.491 e. The maximum absolute atomic E-state index is 13.6. The van der Waals surface area contributed by atoms with Crippen LogP contribution in [0.15, 0.2) is 30.3 Å². The van der Waals surface area contributed by atoms with Crippen molar-refractivity contribution in [2.45, 2.75) is 71.8 Å². The van der Waals surface area contributed by atoms with Crippen LogP contribution >= 0.6 is 0 Å². The van der Waals surface area contributed by atoms with Gasteiger partial charge >= 0.3 is 0 Å². The first-order valence-electron chi connectivity index (χ1n) is 12.8. The molecule has 184 valence electrons. The predicted molar refractivity (Wildman–Crippen MR) is 132 cm³/mol. The molecule has 1 fully saturated rings. The molecule has 3 heterocycles. The van der Waals surface area contributed by atoms with Gasteiger partial charge in [0.25, 0.3) is 5.91 Å². The molecule has 1 aromatic carbocycles. The van der Waals surface area contributed by atoms with E-state index in [2.05, 4.69) is 30.3 Å². The summed E-state index contributed by atoms with van der Waals surface area (Å²) in [5.41, 5.74) is 2.23. The van der Waals surface area contributed by atoms with Gasteiger partial charge in [-0.05, 0) is 62.6 Å². The molecule has 0 aliphatic carbocycles. The van der Waals surface area contributed by atoms with E-state index in [0.29, 0.717) is 38.5 Å². The highest BCUT2D eigenvalue weighted by atomic mass is 16.5. The van der Waals surface area contributed by atoms with Crippen molar-refractivity contribution < 1.29 is 14.3 Å². The van der Waals surface area contributed by atoms with E-state index in [1.54, 1.807) is 4.68 Å². The molecule has 1 unspecified atom stereocenters. The third kappa shape index (κ3) is 5.13. The Balaban J connectivity index is 1.52. The highest BCUT2D eigenvalue weighted by molar-refractivity contribution is 5.93. The van der Waals surface area contributed by atoms with Crippen LogP contribution in [0.5, 0.6) is 5.75 Å². The summed E-state index contributed by atoms with van der Waals surface area (Å²) in [6.45, 7) is 8.87. The fraction of sp³-hybridized carbons (Fsp3) is 0.593. The summed E-state index contributed by atoms with van der Waals surface area (Å²) < 4.78 is 7.76. The Morgan fingerprint density at radius 2 is 2.00 bits per heavy atom. The minimum absolute atomic E-state index is 0.0171. The molecule has 7 heteroatoms. The van der Waals surface area contributed by atoms with E-state index in [1.165, 1.54) is 5.56 Å². The lowest BCUT2D eigenvalue weighted by Crippen LogP contribution is -2.54. The number of likely N-dealkylation sites (tertiary alicyclic amines) is 1. The molecular formula is C27H38N4O3. The zero-order valence-electron chi connectivity index (χ0n) is 20.8. The first kappa shape index (κ1) is 24.3. The lowest BCUT2D eigenvalue weighted by Gasteiger charge is -2.42. The molecule has 1 aromatic heterocycles. The summed E-state index contributed by atoms with van der Waals surface area (Å²) in [5, 5.41) is 7.74. The molecule has 1 N–H and O–H groups in total. The van der Waals surface area contributed by atoms with Gasteiger partial charge in [-0.25, -0.2) is 0 Å². The Bertz CT molecular complexity index is 1020. The molecule has 1 saturated heterocycles. The molecule has 0 radical (unpaired) electrons. The molecule has 2 aliphatic heterocycles. The fourth-order valence-electron chi connectivity index (χ4n) is 5.25. The second kappa shape index (κ2) is 10.6. The van der Waals surface area contributed by atoms with Gasteiger partial charge in [0.15, 0.2) is 0 Å². The van der Waals surface area contributed by atoms with E-state index in [-0.39, 0.29) is 17.7 Å². The zero-order chi connectivity index (χ0) is 24.1. The number of para-hydroxylation sites is 1. The monoisotopic (exact) mass is 466 g/mol. The molecular weight excluding hydrogens is 428 g/mol. The number of hydrogen-bond donors (Lipinski definition) is 1. The van der Waals surface area contributed by atoms with Crippen molar-refractivity contribution in [2.75, 3.05) is 26.2 Å². The van der Waals surface area contributed by atoms with E-state index in [4.69, 9.17) is 4.74 Å². The Hall–Kier alpha value is -2.83. The van der Waals surface area contributed by atoms with Gasteiger partial charge in [-0.3, -0.25) is 14.3 Å². The van der Waals surface area contributed by atoms with Crippen LogP contribution in [-0.4, -0.2) is 52.7 Å². The number of carbonyl (C=O) groups is 2. The summed E-state index contributed by atoms with van der Waals surface area (Å²) >= 11 is 0. The summed E-state index contributed by atoms with van der Waals surface area (Å²) in [6, 6.07) is 10.1. The van der Waals surface area contributed by atoms with Crippen molar-refractivity contribution >= 4 is 11.8 Å². The molecule has 0 saturated carbocycles. The molecule has 1 spiro atoms. The van der Waals surface area contributed by atoms with Gasteiger partial charge < -0.3 is 15.0 Å². The van der Waals surface area contributed by atoms with Crippen molar-refractivity contribution in [2.24, 2.45) is 5.41 Å². The highest BCUT2D eigenvalue weighted by Gasteiger charge is 2.43. The van der Waals surface area contributed by atoms with Crippen LogP contribution in [0.4, 0.5) is 0 Å². The number of piperidine rings is 1. The molecule has 7 nitrogen and oxygen atoms in total. The van der Waals surface area contributed by atoms with Crippen molar-refractivity contribution in [3.63, 3.8) is 0 Å². The van der Waals surface area contributed by atoms with Crippen LogP contribution < -0.4 is 10.1 Å². The number of ether oxygens (including phenoxy) is 1. The molecule has 2 aliphatic rings. The summed E-state index contributed by atoms with van der Waals surface area (Å²) in [7, 11) is 0. The van der Waals surface area contributed by atoms with Gasteiger partial charge in [0, 0.05) is 19.6 Å². The number of carbonyl (C=O) groups excluding carboxylic acids is 2. The van der Waals surface area contributed by atoms with Crippen LogP contribution in [-0.2, 0) is 17.8 Å². The fourth-order valence-corrected chi connectivity index (χ4v) is 5.25. The zero-order valence-corrected chi connectivity index (χ0v) is 20.8. The van der Waals surface area contributed by atoms with Crippen LogP contribution in [0.2, 0.25) is 0 Å². The number of nitrogens with zero attached hydrogens (tertiary/aromatic N) is 3. The third-order valence-electron chi connectivity index (χ3n) is 7.22. The van der Waals surface area contributed by atoms with Crippen molar-refractivity contribution in [3.05, 3.63) is 47.3 Å². The number of rotatable bonds is 3. The Labute approximate surface area is 202 Å². The maximum atomic E-state index is 13.6. The van der Waals surface area contributed by atoms with Crippen LogP contribution in [0.3, 0.4) is 0 Å². The van der Waals surface area contributed by atoms with Crippen molar-refractivity contribution in [1.29, 1.82) is 0 Å². The maximum Gasteiger partial charge on any atom is 0.272 e. The number of fused-ring (bicyclic) bond motifs is 1. The molecule has 4 rings (SSSR count). The molecule has 34 heavy (non-hydrogen) atoms. The average molecular weight is 467 g/mol. The highest BCUT2D eigenvalue weighted by Crippen LogP contribution is 2.37.